The van der Waals surface area contributed by atoms with Crippen LogP contribution in [0, 0.1) is 0 Å². The van der Waals surface area contributed by atoms with E-state index < -0.39 is 10.0 Å². The van der Waals surface area contributed by atoms with E-state index in [2.05, 4.69) is 0 Å². The van der Waals surface area contributed by atoms with E-state index in [1.807, 2.05) is 12.1 Å². The molecular formula is C17H18ClNO4S. The van der Waals surface area contributed by atoms with Gasteiger partial charge in [0, 0.05) is 24.2 Å². The molecule has 5 nitrogen and oxygen atoms in total. The van der Waals surface area contributed by atoms with Gasteiger partial charge in [-0.1, -0.05) is 30.7 Å². The Morgan fingerprint density at radius 2 is 1.83 bits per heavy atom. The van der Waals surface area contributed by atoms with E-state index in [0.717, 1.165) is 5.56 Å². The number of fused-ring (bicyclic) bond motifs is 1. The largest absolute Gasteiger partial charge is 0.486 e. The molecule has 0 spiro atoms. The number of ether oxygens (including phenoxy) is 2. The van der Waals surface area contributed by atoms with Gasteiger partial charge in [-0.3, -0.25) is 0 Å². The van der Waals surface area contributed by atoms with Crippen LogP contribution in [0.5, 0.6) is 11.5 Å². The highest BCUT2D eigenvalue weighted by atomic mass is 35.5. The van der Waals surface area contributed by atoms with Gasteiger partial charge in [0.05, 0.1) is 4.90 Å². The molecule has 3 rings (SSSR count). The van der Waals surface area contributed by atoms with E-state index in [-0.39, 0.29) is 11.4 Å². The number of rotatable bonds is 5. The third-order valence-electron chi connectivity index (χ3n) is 3.75. The van der Waals surface area contributed by atoms with Gasteiger partial charge in [0.25, 0.3) is 0 Å². The molecule has 0 radical (unpaired) electrons. The second-order valence-corrected chi connectivity index (χ2v) is 7.74. The van der Waals surface area contributed by atoms with Crippen LogP contribution in [0.3, 0.4) is 0 Å². The molecule has 0 aromatic heterocycles. The third kappa shape index (κ3) is 3.50. The van der Waals surface area contributed by atoms with Crippen molar-refractivity contribution in [3.8, 4) is 11.5 Å². The fourth-order valence-electron chi connectivity index (χ4n) is 2.54. The average Bonchev–Trinajstić information content (AvgIpc) is 2.59. The Morgan fingerprint density at radius 1 is 1.08 bits per heavy atom. The van der Waals surface area contributed by atoms with Crippen LogP contribution in [-0.2, 0) is 16.6 Å². The molecule has 0 unspecified atom stereocenters. The highest BCUT2D eigenvalue weighted by Crippen LogP contribution is 2.33. The molecular weight excluding hydrogens is 350 g/mol. The van der Waals surface area contributed by atoms with Gasteiger partial charge in [-0.05, 0) is 29.8 Å². The molecule has 2 aromatic carbocycles. The first kappa shape index (κ1) is 17.1. The van der Waals surface area contributed by atoms with Gasteiger partial charge in [0.15, 0.2) is 11.5 Å². The Bertz CT molecular complexity index is 838. The van der Waals surface area contributed by atoms with Crippen LogP contribution in [0.1, 0.15) is 12.5 Å². The predicted molar refractivity (Wildman–Crippen MR) is 92.2 cm³/mol. The second-order valence-electron chi connectivity index (χ2n) is 5.37. The van der Waals surface area contributed by atoms with Gasteiger partial charge in [-0.15, -0.1) is 0 Å². The molecule has 0 fully saturated rings. The fourth-order valence-corrected chi connectivity index (χ4v) is 4.20. The summed E-state index contributed by atoms with van der Waals surface area (Å²) in [5, 5.41) is 0.584. The molecule has 128 valence electrons. The molecule has 0 saturated carbocycles. The summed E-state index contributed by atoms with van der Waals surface area (Å²) in [6.07, 6.45) is 0. The lowest BCUT2D eigenvalue weighted by Gasteiger charge is -2.23. The highest BCUT2D eigenvalue weighted by Gasteiger charge is 2.25. The molecule has 0 saturated heterocycles. The summed E-state index contributed by atoms with van der Waals surface area (Å²) in [7, 11) is -3.64. The molecule has 0 N–H and O–H groups in total. The molecule has 1 aliphatic rings. The molecule has 1 heterocycles. The van der Waals surface area contributed by atoms with Crippen molar-refractivity contribution < 1.29 is 17.9 Å². The van der Waals surface area contributed by atoms with Crippen LogP contribution >= 0.6 is 11.6 Å². The number of halogens is 1. The Balaban J connectivity index is 1.89. The normalized spacial score (nSPS) is 14.0. The van der Waals surface area contributed by atoms with Crippen molar-refractivity contribution in [2.24, 2.45) is 0 Å². The maximum absolute atomic E-state index is 12.9. The van der Waals surface area contributed by atoms with Crippen molar-refractivity contribution in [1.29, 1.82) is 0 Å². The topological polar surface area (TPSA) is 55.8 Å². The minimum atomic E-state index is -3.64. The number of benzene rings is 2. The van der Waals surface area contributed by atoms with Crippen LogP contribution in [0.2, 0.25) is 5.02 Å². The summed E-state index contributed by atoms with van der Waals surface area (Å²) in [4.78, 5) is 0.190. The van der Waals surface area contributed by atoms with E-state index >= 15 is 0 Å². The molecule has 0 amide bonds. The molecule has 1 aliphatic heterocycles. The lowest BCUT2D eigenvalue weighted by Crippen LogP contribution is -2.30. The lowest BCUT2D eigenvalue weighted by atomic mass is 10.2. The first-order valence-corrected chi connectivity index (χ1v) is 9.47. The minimum absolute atomic E-state index is 0.190. The van der Waals surface area contributed by atoms with Crippen molar-refractivity contribution in [1.82, 2.24) is 4.31 Å². The van der Waals surface area contributed by atoms with Crippen molar-refractivity contribution in [2.45, 2.75) is 18.4 Å². The van der Waals surface area contributed by atoms with Crippen LogP contribution in [0.15, 0.2) is 47.4 Å². The van der Waals surface area contributed by atoms with Crippen LogP contribution in [-0.4, -0.2) is 32.5 Å². The van der Waals surface area contributed by atoms with Crippen molar-refractivity contribution >= 4 is 21.6 Å². The maximum Gasteiger partial charge on any atom is 0.243 e. The van der Waals surface area contributed by atoms with Crippen molar-refractivity contribution in [3.63, 3.8) is 0 Å². The quantitative estimate of drug-likeness (QED) is 0.813. The Morgan fingerprint density at radius 3 is 2.54 bits per heavy atom. The highest BCUT2D eigenvalue weighted by molar-refractivity contribution is 7.89. The van der Waals surface area contributed by atoms with E-state index in [1.165, 1.54) is 10.4 Å². The third-order valence-corrected chi connectivity index (χ3v) is 5.90. The summed E-state index contributed by atoms with van der Waals surface area (Å²) in [6.45, 7) is 3.29. The molecule has 7 heteroatoms. The monoisotopic (exact) mass is 367 g/mol. The number of hydrogen-bond acceptors (Lipinski definition) is 4. The standard InChI is InChI=1S/C17H18ClNO4S/c1-2-19(12-13-4-3-5-14(18)10-13)24(20,21)15-6-7-16-17(11-15)23-9-8-22-16/h3-7,10-11H,2,8-9,12H2,1H3. The van der Waals surface area contributed by atoms with Crippen molar-refractivity contribution in [2.75, 3.05) is 19.8 Å². The summed E-state index contributed by atoms with van der Waals surface area (Å²) >= 11 is 5.98. The lowest BCUT2D eigenvalue weighted by molar-refractivity contribution is 0.171. The SMILES string of the molecule is CCN(Cc1cccc(Cl)c1)S(=O)(=O)c1ccc2c(c1)OCCO2. The average molecular weight is 368 g/mol. The van der Waals surface area contributed by atoms with Gasteiger partial charge in [0.1, 0.15) is 13.2 Å². The van der Waals surface area contributed by atoms with Crippen LogP contribution < -0.4 is 9.47 Å². The molecule has 0 aliphatic carbocycles. The summed E-state index contributed by atoms with van der Waals surface area (Å²) in [5.74, 6) is 1.03. The molecule has 0 atom stereocenters. The summed E-state index contributed by atoms with van der Waals surface area (Å²) < 4.78 is 38.2. The molecule has 0 bridgehead atoms. The fraction of sp³-hybridized carbons (Fsp3) is 0.294. The molecule has 2 aromatic rings. The zero-order valence-electron chi connectivity index (χ0n) is 13.2. The predicted octanol–water partition coefficient (Wildman–Crippen LogP) is 3.32. The van der Waals surface area contributed by atoms with Gasteiger partial charge in [-0.25, -0.2) is 8.42 Å². The summed E-state index contributed by atoms with van der Waals surface area (Å²) in [5.41, 5.74) is 0.838. The molecule has 24 heavy (non-hydrogen) atoms. The second kappa shape index (κ2) is 7.01. The number of sulfonamides is 1. The first-order valence-electron chi connectivity index (χ1n) is 7.65. The zero-order chi connectivity index (χ0) is 17.2. The Hall–Kier alpha value is -1.76. The zero-order valence-corrected chi connectivity index (χ0v) is 14.8. The van der Waals surface area contributed by atoms with Gasteiger partial charge in [0.2, 0.25) is 10.0 Å². The Labute approximate surface area is 146 Å². The maximum atomic E-state index is 12.9. The van der Waals surface area contributed by atoms with Gasteiger partial charge < -0.3 is 9.47 Å². The Kier molecular flexibility index (Phi) is 4.99. The van der Waals surface area contributed by atoms with E-state index in [1.54, 1.807) is 31.2 Å². The summed E-state index contributed by atoms with van der Waals surface area (Å²) in [6, 6.07) is 11.9. The minimum Gasteiger partial charge on any atom is -0.486 e. The van der Waals surface area contributed by atoms with Crippen LogP contribution in [0.4, 0.5) is 0 Å². The number of nitrogens with zero attached hydrogens (tertiary/aromatic N) is 1. The first-order chi connectivity index (χ1) is 11.5. The van der Waals surface area contributed by atoms with Gasteiger partial charge >= 0.3 is 0 Å². The van der Waals surface area contributed by atoms with Crippen molar-refractivity contribution in [3.05, 3.63) is 53.1 Å². The van der Waals surface area contributed by atoms with E-state index in [4.69, 9.17) is 21.1 Å². The van der Waals surface area contributed by atoms with Crippen LogP contribution in [0.25, 0.3) is 0 Å². The number of hydrogen-bond donors (Lipinski definition) is 0. The smallest absolute Gasteiger partial charge is 0.243 e. The van der Waals surface area contributed by atoms with Gasteiger partial charge in [-0.2, -0.15) is 4.31 Å². The van der Waals surface area contributed by atoms with E-state index in [9.17, 15) is 8.42 Å². The van der Waals surface area contributed by atoms with E-state index in [0.29, 0.717) is 36.3 Å².